The minimum Gasteiger partial charge on any atom is -0.294 e. The van der Waals surface area contributed by atoms with Crippen molar-refractivity contribution in [3.63, 3.8) is 0 Å². The fourth-order valence-corrected chi connectivity index (χ4v) is 2.91. The number of hydrogen-bond donors (Lipinski definition) is 0. The standard InChI is InChI=1S/C16H17NO/c18-16(13-5-2-1-3-6-13)14-8-4-7-12-9-10-17-11-15(12)14/h4,7-11,13H,1-3,5-6H2. The van der Waals surface area contributed by atoms with Crippen molar-refractivity contribution in [2.45, 2.75) is 32.1 Å². The number of carbonyl (C=O) groups is 1. The minimum atomic E-state index is 0.226. The second-order valence-corrected chi connectivity index (χ2v) is 5.10. The molecule has 1 aliphatic rings. The van der Waals surface area contributed by atoms with Crippen LogP contribution in [0.4, 0.5) is 0 Å². The summed E-state index contributed by atoms with van der Waals surface area (Å²) in [6, 6.07) is 7.92. The summed E-state index contributed by atoms with van der Waals surface area (Å²) in [6.07, 6.45) is 9.35. The molecule has 18 heavy (non-hydrogen) atoms. The molecule has 0 atom stereocenters. The molecule has 2 nitrogen and oxygen atoms in total. The predicted octanol–water partition coefficient (Wildman–Crippen LogP) is 4.00. The molecule has 1 aliphatic carbocycles. The van der Waals surface area contributed by atoms with Crippen LogP contribution in [0.1, 0.15) is 42.5 Å². The molecule has 2 heteroatoms. The zero-order valence-corrected chi connectivity index (χ0v) is 10.4. The first kappa shape index (κ1) is 11.4. The third-order valence-corrected chi connectivity index (χ3v) is 3.93. The normalized spacial score (nSPS) is 16.9. The van der Waals surface area contributed by atoms with Gasteiger partial charge in [-0.3, -0.25) is 9.78 Å². The molecule has 2 aromatic rings. The van der Waals surface area contributed by atoms with Gasteiger partial charge in [0.1, 0.15) is 0 Å². The van der Waals surface area contributed by atoms with E-state index in [-0.39, 0.29) is 5.92 Å². The zero-order chi connectivity index (χ0) is 12.4. The van der Waals surface area contributed by atoms with E-state index in [4.69, 9.17) is 0 Å². The lowest BCUT2D eigenvalue weighted by Gasteiger charge is -2.20. The van der Waals surface area contributed by atoms with E-state index < -0.39 is 0 Å². The molecule has 0 radical (unpaired) electrons. The smallest absolute Gasteiger partial charge is 0.166 e. The van der Waals surface area contributed by atoms with Crippen molar-refractivity contribution in [3.05, 3.63) is 42.2 Å². The Morgan fingerprint density at radius 3 is 2.78 bits per heavy atom. The van der Waals surface area contributed by atoms with Crippen LogP contribution >= 0.6 is 0 Å². The van der Waals surface area contributed by atoms with Gasteiger partial charge >= 0.3 is 0 Å². The van der Waals surface area contributed by atoms with Crippen molar-refractivity contribution in [2.75, 3.05) is 0 Å². The predicted molar refractivity (Wildman–Crippen MR) is 72.6 cm³/mol. The molecule has 0 N–H and O–H groups in total. The van der Waals surface area contributed by atoms with Crippen LogP contribution in [-0.2, 0) is 0 Å². The highest BCUT2D eigenvalue weighted by molar-refractivity contribution is 6.08. The van der Waals surface area contributed by atoms with E-state index in [1.807, 2.05) is 30.5 Å². The first-order chi connectivity index (χ1) is 8.86. The van der Waals surface area contributed by atoms with Gasteiger partial charge in [-0.05, 0) is 24.3 Å². The van der Waals surface area contributed by atoms with Crippen molar-refractivity contribution in [1.82, 2.24) is 4.98 Å². The summed E-state index contributed by atoms with van der Waals surface area (Å²) >= 11 is 0. The van der Waals surface area contributed by atoms with E-state index in [0.29, 0.717) is 5.78 Å². The number of pyridine rings is 1. The van der Waals surface area contributed by atoms with E-state index >= 15 is 0 Å². The number of rotatable bonds is 2. The lowest BCUT2D eigenvalue weighted by Crippen LogP contribution is -2.18. The number of hydrogen-bond acceptors (Lipinski definition) is 2. The molecular weight excluding hydrogens is 222 g/mol. The Balaban J connectivity index is 2.00. The molecule has 92 valence electrons. The van der Waals surface area contributed by atoms with Gasteiger partial charge in [-0.25, -0.2) is 0 Å². The molecule has 1 fully saturated rings. The first-order valence-corrected chi connectivity index (χ1v) is 6.73. The van der Waals surface area contributed by atoms with E-state index in [2.05, 4.69) is 4.98 Å². The van der Waals surface area contributed by atoms with Crippen LogP contribution in [-0.4, -0.2) is 10.8 Å². The largest absolute Gasteiger partial charge is 0.294 e. The second-order valence-electron chi connectivity index (χ2n) is 5.10. The van der Waals surface area contributed by atoms with E-state index in [0.717, 1.165) is 29.2 Å². The fraction of sp³-hybridized carbons (Fsp3) is 0.375. The first-order valence-electron chi connectivity index (χ1n) is 6.73. The molecular formula is C16H17NO. The summed E-state index contributed by atoms with van der Waals surface area (Å²) in [4.78, 5) is 16.7. The molecule has 1 heterocycles. The lowest BCUT2D eigenvalue weighted by molar-refractivity contribution is 0.0891. The number of Topliss-reactive ketones (excluding diaryl/α,β-unsaturated/α-hetero) is 1. The second kappa shape index (κ2) is 4.89. The molecule has 0 unspecified atom stereocenters. The number of fused-ring (bicyclic) bond motifs is 1. The average Bonchev–Trinajstić information content (AvgIpc) is 2.47. The molecule has 0 aliphatic heterocycles. The monoisotopic (exact) mass is 239 g/mol. The Hall–Kier alpha value is -1.70. The number of carbonyl (C=O) groups excluding carboxylic acids is 1. The number of nitrogens with zero attached hydrogens (tertiary/aromatic N) is 1. The van der Waals surface area contributed by atoms with Gasteiger partial charge in [0, 0.05) is 29.3 Å². The molecule has 0 amide bonds. The van der Waals surface area contributed by atoms with Gasteiger partial charge in [0.05, 0.1) is 0 Å². The maximum Gasteiger partial charge on any atom is 0.166 e. The SMILES string of the molecule is O=C(c1cccc2ccncc12)C1CCCCC1. The molecule has 1 saturated carbocycles. The van der Waals surface area contributed by atoms with Crippen LogP contribution in [0, 0.1) is 5.92 Å². The van der Waals surface area contributed by atoms with Crippen LogP contribution in [0.2, 0.25) is 0 Å². The molecule has 3 rings (SSSR count). The Morgan fingerprint density at radius 2 is 1.94 bits per heavy atom. The van der Waals surface area contributed by atoms with Crippen molar-refractivity contribution >= 4 is 16.6 Å². The summed E-state index contributed by atoms with van der Waals surface area (Å²) in [7, 11) is 0. The minimum absolute atomic E-state index is 0.226. The molecule has 1 aromatic carbocycles. The molecule has 0 spiro atoms. The van der Waals surface area contributed by atoms with Crippen molar-refractivity contribution < 1.29 is 4.79 Å². The molecule has 0 bridgehead atoms. The highest BCUT2D eigenvalue weighted by Crippen LogP contribution is 2.29. The van der Waals surface area contributed by atoms with Crippen molar-refractivity contribution in [3.8, 4) is 0 Å². The summed E-state index contributed by atoms with van der Waals surface area (Å²) in [5.74, 6) is 0.540. The van der Waals surface area contributed by atoms with Crippen molar-refractivity contribution in [1.29, 1.82) is 0 Å². The third-order valence-electron chi connectivity index (χ3n) is 3.93. The van der Waals surface area contributed by atoms with E-state index in [1.165, 1.54) is 19.3 Å². The molecule has 0 saturated heterocycles. The van der Waals surface area contributed by atoms with Gasteiger partial charge in [-0.15, -0.1) is 0 Å². The van der Waals surface area contributed by atoms with Crippen LogP contribution < -0.4 is 0 Å². The van der Waals surface area contributed by atoms with Gasteiger partial charge in [0.15, 0.2) is 5.78 Å². The van der Waals surface area contributed by atoms with E-state index in [1.54, 1.807) is 6.20 Å². The van der Waals surface area contributed by atoms with Gasteiger partial charge in [0.25, 0.3) is 0 Å². The molecule has 1 aromatic heterocycles. The van der Waals surface area contributed by atoms with Gasteiger partial charge in [0.2, 0.25) is 0 Å². The third kappa shape index (κ3) is 2.03. The summed E-state index contributed by atoms with van der Waals surface area (Å²) in [6.45, 7) is 0. The maximum atomic E-state index is 12.6. The van der Waals surface area contributed by atoms with Crippen LogP contribution in [0.5, 0.6) is 0 Å². The number of benzene rings is 1. The highest BCUT2D eigenvalue weighted by Gasteiger charge is 2.23. The van der Waals surface area contributed by atoms with Crippen LogP contribution in [0.3, 0.4) is 0 Å². The van der Waals surface area contributed by atoms with Gasteiger partial charge < -0.3 is 0 Å². The Morgan fingerprint density at radius 1 is 1.11 bits per heavy atom. The van der Waals surface area contributed by atoms with Gasteiger partial charge in [-0.1, -0.05) is 37.5 Å². The lowest BCUT2D eigenvalue weighted by atomic mass is 9.83. The Labute approximate surface area is 107 Å². The summed E-state index contributed by atoms with van der Waals surface area (Å²) < 4.78 is 0. The van der Waals surface area contributed by atoms with E-state index in [9.17, 15) is 4.79 Å². The number of aromatic nitrogens is 1. The van der Waals surface area contributed by atoms with Crippen molar-refractivity contribution in [2.24, 2.45) is 5.92 Å². The Kier molecular flexibility index (Phi) is 3.09. The highest BCUT2D eigenvalue weighted by atomic mass is 16.1. The summed E-state index contributed by atoms with van der Waals surface area (Å²) in [5.41, 5.74) is 0.854. The van der Waals surface area contributed by atoms with Gasteiger partial charge in [-0.2, -0.15) is 0 Å². The average molecular weight is 239 g/mol. The fourth-order valence-electron chi connectivity index (χ4n) is 2.91. The quantitative estimate of drug-likeness (QED) is 0.741. The Bertz CT molecular complexity index is 565. The van der Waals surface area contributed by atoms with Crippen LogP contribution in [0.25, 0.3) is 10.8 Å². The zero-order valence-electron chi connectivity index (χ0n) is 10.4. The van der Waals surface area contributed by atoms with Crippen LogP contribution in [0.15, 0.2) is 36.7 Å². The maximum absolute atomic E-state index is 12.6. The topological polar surface area (TPSA) is 30.0 Å². The summed E-state index contributed by atoms with van der Waals surface area (Å²) in [5, 5.41) is 2.10. The number of ketones is 1.